The molecule has 0 saturated carbocycles. The number of anilines is 1. The van der Waals surface area contributed by atoms with Gasteiger partial charge in [-0.1, -0.05) is 22.0 Å². The van der Waals surface area contributed by atoms with Crippen LogP contribution in [-0.2, 0) is 6.42 Å². The van der Waals surface area contributed by atoms with Crippen LogP contribution in [0.4, 0.5) is 14.6 Å². The van der Waals surface area contributed by atoms with E-state index in [2.05, 4.69) is 36.4 Å². The number of hydrogen-bond donors (Lipinski definition) is 2. The Balaban J connectivity index is 1.52. The van der Waals surface area contributed by atoms with E-state index in [0.29, 0.717) is 39.7 Å². The van der Waals surface area contributed by atoms with Crippen LogP contribution in [0.3, 0.4) is 0 Å². The van der Waals surface area contributed by atoms with Gasteiger partial charge in [0.05, 0.1) is 17.9 Å². The molecule has 0 bridgehead atoms. The summed E-state index contributed by atoms with van der Waals surface area (Å²) in [5.74, 6) is 0.0119. The Labute approximate surface area is 196 Å². The van der Waals surface area contributed by atoms with Crippen molar-refractivity contribution in [1.82, 2.24) is 15.1 Å². The van der Waals surface area contributed by atoms with Crippen LogP contribution in [0.1, 0.15) is 12.5 Å². The Morgan fingerprint density at radius 3 is 2.58 bits per heavy atom. The molecule has 10 heteroatoms. The number of nitrogens with one attached hydrogen (secondary N) is 1. The molecule has 0 amide bonds. The van der Waals surface area contributed by atoms with Crippen LogP contribution in [0.2, 0.25) is 0 Å². The smallest absolute Gasteiger partial charge is 0.252 e. The van der Waals surface area contributed by atoms with E-state index in [1.165, 1.54) is 24.5 Å². The summed E-state index contributed by atoms with van der Waals surface area (Å²) in [4.78, 5) is 8.50. The minimum Gasteiger partial charge on any atom is -0.493 e. The Kier molecular flexibility index (Phi) is 6.83. The number of aromatic hydroxyl groups is 1. The first-order valence-electron chi connectivity index (χ1n) is 10.1. The first-order chi connectivity index (χ1) is 15.9. The molecule has 0 aliphatic heterocycles. The molecule has 33 heavy (non-hydrogen) atoms. The molecule has 0 fully saturated rings. The molecule has 0 aliphatic carbocycles. The van der Waals surface area contributed by atoms with Gasteiger partial charge in [-0.3, -0.25) is 0 Å². The van der Waals surface area contributed by atoms with Crippen LogP contribution in [-0.4, -0.2) is 33.4 Å². The molecule has 4 rings (SSSR count). The maximum atomic E-state index is 14.0. The van der Waals surface area contributed by atoms with E-state index in [9.17, 15) is 13.9 Å². The lowest BCUT2D eigenvalue weighted by molar-refractivity contribution is 0.337. The van der Waals surface area contributed by atoms with Crippen LogP contribution in [0.5, 0.6) is 11.6 Å². The summed E-state index contributed by atoms with van der Waals surface area (Å²) < 4.78 is 39.3. The molecular formula is C23H19BrF2N4O3. The molecule has 2 N–H and O–H groups in total. The number of rotatable bonds is 8. The van der Waals surface area contributed by atoms with Crippen LogP contribution < -0.4 is 10.1 Å². The zero-order chi connectivity index (χ0) is 23.4. The lowest BCUT2D eigenvalue weighted by Gasteiger charge is -2.11. The minimum atomic E-state index is -0.601. The Morgan fingerprint density at radius 2 is 1.88 bits per heavy atom. The fourth-order valence-electron chi connectivity index (χ4n) is 3.29. The van der Waals surface area contributed by atoms with Gasteiger partial charge in [0.2, 0.25) is 0 Å². The Morgan fingerprint density at radius 1 is 1.09 bits per heavy atom. The molecule has 2 heterocycles. The van der Waals surface area contributed by atoms with E-state index < -0.39 is 11.6 Å². The van der Waals surface area contributed by atoms with E-state index in [-0.39, 0.29) is 24.4 Å². The van der Waals surface area contributed by atoms with Gasteiger partial charge < -0.3 is 19.7 Å². The standard InChI is InChI=1S/C23H19BrF2N4O3/c1-2-32-20-7-13(3-4-16(20)21-11-23(31)30-33-21)19-10-22(29-12-28-19)27-6-5-15-17(25)8-14(24)9-18(15)26/h3-4,7-12H,2,5-6H2,1H3,(H,30,31)(H,27,28,29). The minimum absolute atomic E-state index is 0.00961. The lowest BCUT2D eigenvalue weighted by atomic mass is 10.1. The van der Waals surface area contributed by atoms with Crippen LogP contribution in [0.15, 0.2) is 57.8 Å². The Bertz CT molecular complexity index is 1260. The topological polar surface area (TPSA) is 93.3 Å². The third-order valence-corrected chi connectivity index (χ3v) is 5.25. The molecule has 0 radical (unpaired) electrons. The van der Waals surface area contributed by atoms with Crippen molar-refractivity contribution >= 4 is 21.7 Å². The normalized spacial score (nSPS) is 10.9. The molecule has 0 spiro atoms. The predicted octanol–water partition coefficient (Wildman–Crippen LogP) is 5.60. The number of aromatic nitrogens is 3. The monoisotopic (exact) mass is 516 g/mol. The van der Waals surface area contributed by atoms with Gasteiger partial charge in [0.1, 0.15) is 29.5 Å². The van der Waals surface area contributed by atoms with Crippen molar-refractivity contribution in [2.45, 2.75) is 13.3 Å². The molecule has 2 aromatic heterocycles. The average Bonchev–Trinajstić information content (AvgIpc) is 3.22. The van der Waals surface area contributed by atoms with Crippen molar-refractivity contribution in [3.05, 3.63) is 70.5 Å². The average molecular weight is 517 g/mol. The van der Waals surface area contributed by atoms with Crippen molar-refractivity contribution in [1.29, 1.82) is 0 Å². The first kappa shape index (κ1) is 22.7. The maximum Gasteiger partial charge on any atom is 0.252 e. The summed E-state index contributed by atoms with van der Waals surface area (Å²) in [6, 6.07) is 11.0. The highest BCUT2D eigenvalue weighted by Gasteiger charge is 2.15. The predicted molar refractivity (Wildman–Crippen MR) is 122 cm³/mol. The van der Waals surface area contributed by atoms with Crippen molar-refractivity contribution in [2.75, 3.05) is 18.5 Å². The van der Waals surface area contributed by atoms with Crippen LogP contribution in [0.25, 0.3) is 22.6 Å². The van der Waals surface area contributed by atoms with E-state index >= 15 is 0 Å². The maximum absolute atomic E-state index is 14.0. The second-order valence-electron chi connectivity index (χ2n) is 7.01. The van der Waals surface area contributed by atoms with E-state index in [4.69, 9.17) is 9.26 Å². The molecular weight excluding hydrogens is 498 g/mol. The largest absolute Gasteiger partial charge is 0.493 e. The van der Waals surface area contributed by atoms with Gasteiger partial charge >= 0.3 is 0 Å². The third-order valence-electron chi connectivity index (χ3n) is 4.79. The van der Waals surface area contributed by atoms with Crippen molar-refractivity contribution < 1.29 is 23.1 Å². The second-order valence-corrected chi connectivity index (χ2v) is 7.92. The summed E-state index contributed by atoms with van der Waals surface area (Å²) in [6.45, 7) is 2.57. The molecule has 170 valence electrons. The van der Waals surface area contributed by atoms with Crippen molar-refractivity contribution in [2.24, 2.45) is 0 Å². The highest BCUT2D eigenvalue weighted by Crippen LogP contribution is 2.35. The Hall–Kier alpha value is -3.53. The molecule has 4 aromatic rings. The van der Waals surface area contributed by atoms with Gasteiger partial charge in [0.15, 0.2) is 5.76 Å². The molecule has 0 unspecified atom stereocenters. The van der Waals surface area contributed by atoms with E-state index in [1.54, 1.807) is 18.2 Å². The number of benzene rings is 2. The second kappa shape index (κ2) is 9.95. The number of hydrogen-bond acceptors (Lipinski definition) is 7. The van der Waals surface area contributed by atoms with Crippen LogP contribution in [0, 0.1) is 11.6 Å². The molecule has 0 saturated heterocycles. The molecule has 2 aromatic carbocycles. The summed E-state index contributed by atoms with van der Waals surface area (Å²) in [5, 5.41) is 16.0. The van der Waals surface area contributed by atoms with Gasteiger partial charge in [0, 0.05) is 34.3 Å². The van der Waals surface area contributed by atoms with Gasteiger partial charge in [-0.25, -0.2) is 18.7 Å². The van der Waals surface area contributed by atoms with Gasteiger partial charge in [-0.15, -0.1) is 0 Å². The number of nitrogens with zero attached hydrogens (tertiary/aromatic N) is 3. The zero-order valence-corrected chi connectivity index (χ0v) is 19.1. The zero-order valence-electron chi connectivity index (χ0n) is 17.5. The molecule has 0 aliphatic rings. The quantitative estimate of drug-likeness (QED) is 0.314. The van der Waals surface area contributed by atoms with Gasteiger partial charge in [0.25, 0.3) is 5.88 Å². The summed E-state index contributed by atoms with van der Waals surface area (Å²) >= 11 is 3.07. The summed E-state index contributed by atoms with van der Waals surface area (Å²) in [6.07, 6.45) is 1.55. The lowest BCUT2D eigenvalue weighted by Crippen LogP contribution is -2.09. The molecule has 7 nitrogen and oxygen atoms in total. The SMILES string of the molecule is CCOc1cc(-c2cc(NCCc3c(F)cc(Br)cc3F)ncn2)ccc1-c1cc(O)no1. The fraction of sp³-hybridized carbons (Fsp3) is 0.174. The number of ether oxygens (including phenoxy) is 1. The first-order valence-corrected chi connectivity index (χ1v) is 10.9. The fourth-order valence-corrected chi connectivity index (χ4v) is 3.69. The van der Waals surface area contributed by atoms with Crippen LogP contribution >= 0.6 is 15.9 Å². The van der Waals surface area contributed by atoms with Gasteiger partial charge in [-0.2, -0.15) is 0 Å². The number of halogens is 3. The third kappa shape index (κ3) is 5.28. The van der Waals surface area contributed by atoms with Crippen molar-refractivity contribution in [3.8, 4) is 34.2 Å². The van der Waals surface area contributed by atoms with E-state index in [1.807, 2.05) is 13.0 Å². The summed E-state index contributed by atoms with van der Waals surface area (Å²) in [7, 11) is 0. The highest BCUT2D eigenvalue weighted by molar-refractivity contribution is 9.10. The summed E-state index contributed by atoms with van der Waals surface area (Å²) in [5.41, 5.74) is 2.04. The molecule has 0 atom stereocenters. The van der Waals surface area contributed by atoms with Crippen molar-refractivity contribution in [3.63, 3.8) is 0 Å². The highest BCUT2D eigenvalue weighted by atomic mass is 79.9. The van der Waals surface area contributed by atoms with Gasteiger partial charge in [-0.05, 0) is 42.8 Å². The van der Waals surface area contributed by atoms with E-state index in [0.717, 1.165) is 5.56 Å².